The maximum Gasteiger partial charge on any atom is 0.253 e. The summed E-state index contributed by atoms with van der Waals surface area (Å²) in [4.78, 5) is 19.1. The Balaban J connectivity index is 1.14. The minimum atomic E-state index is -3.42. The minimum Gasteiger partial charge on any atom is -0.487 e. The molecule has 1 amide bonds. The number of benzene rings is 2. The predicted molar refractivity (Wildman–Crippen MR) is 133 cm³/mol. The molecule has 2 aromatic carbocycles. The van der Waals surface area contributed by atoms with Crippen molar-refractivity contribution in [1.82, 2.24) is 18.6 Å². The number of nitrogens with zero attached hydrogens (tertiary/aromatic N) is 4. The highest BCUT2D eigenvalue weighted by Crippen LogP contribution is 2.18. The zero-order chi connectivity index (χ0) is 24.3. The van der Waals surface area contributed by atoms with E-state index in [9.17, 15) is 13.2 Å². The van der Waals surface area contributed by atoms with Crippen molar-refractivity contribution in [3.8, 4) is 5.75 Å². The molecule has 0 aliphatic carbocycles. The van der Waals surface area contributed by atoms with Crippen molar-refractivity contribution < 1.29 is 17.9 Å². The molecule has 3 heterocycles. The quantitative estimate of drug-likeness (QED) is 0.397. The normalized spacial score (nSPS) is 14.8. The molecule has 8 nitrogen and oxygen atoms in total. The number of pyridine rings is 1. The van der Waals surface area contributed by atoms with E-state index < -0.39 is 10.0 Å². The lowest BCUT2D eigenvalue weighted by Gasteiger charge is -2.34. The Morgan fingerprint density at radius 1 is 0.886 bits per heavy atom. The molecule has 0 spiro atoms. The second-order valence-electron chi connectivity index (χ2n) is 8.44. The number of aromatic nitrogens is 2. The first-order valence-corrected chi connectivity index (χ1v) is 13.1. The van der Waals surface area contributed by atoms with Crippen molar-refractivity contribution in [2.24, 2.45) is 0 Å². The van der Waals surface area contributed by atoms with E-state index in [1.165, 1.54) is 4.31 Å². The van der Waals surface area contributed by atoms with Crippen molar-refractivity contribution in [3.05, 3.63) is 102 Å². The van der Waals surface area contributed by atoms with Gasteiger partial charge in [-0.3, -0.25) is 4.79 Å². The van der Waals surface area contributed by atoms with E-state index in [0.29, 0.717) is 44.1 Å². The van der Waals surface area contributed by atoms with Crippen LogP contribution < -0.4 is 4.74 Å². The maximum atomic E-state index is 12.9. The third-order valence-corrected chi connectivity index (χ3v) is 7.86. The third-order valence-electron chi connectivity index (χ3n) is 6.01. The molecule has 1 saturated heterocycles. The lowest BCUT2D eigenvalue weighted by Crippen LogP contribution is -2.50. The van der Waals surface area contributed by atoms with Gasteiger partial charge in [-0.2, -0.15) is 4.31 Å². The lowest BCUT2D eigenvalue weighted by molar-refractivity contribution is 0.0697. The number of amides is 1. The summed E-state index contributed by atoms with van der Waals surface area (Å²) in [5.74, 6) is 0.505. The van der Waals surface area contributed by atoms with Crippen LogP contribution in [0.4, 0.5) is 0 Å². The topological polar surface area (TPSA) is 84.2 Å². The largest absolute Gasteiger partial charge is 0.487 e. The van der Waals surface area contributed by atoms with Crippen molar-refractivity contribution in [2.45, 2.75) is 12.4 Å². The first-order valence-electron chi connectivity index (χ1n) is 11.4. The maximum absolute atomic E-state index is 12.9. The first kappa shape index (κ1) is 23.1. The summed E-state index contributed by atoms with van der Waals surface area (Å²) >= 11 is 0. The number of sulfonamides is 1. The van der Waals surface area contributed by atoms with E-state index in [2.05, 4.69) is 4.98 Å². The summed E-state index contributed by atoms with van der Waals surface area (Å²) in [5.41, 5.74) is 2.98. The number of rotatable bonds is 7. The molecule has 1 fully saturated rings. The van der Waals surface area contributed by atoms with Crippen molar-refractivity contribution in [1.29, 1.82) is 0 Å². The SMILES string of the molecule is O=C(c1ccc(OCc2cn3ccccc3n2)cc1)N1CCN(S(=O)(=O)Cc2ccccc2)CC1. The van der Waals surface area contributed by atoms with E-state index in [1.807, 2.05) is 65.3 Å². The summed E-state index contributed by atoms with van der Waals surface area (Å²) in [5, 5.41) is 0. The van der Waals surface area contributed by atoms with Crippen LogP contribution in [0.15, 0.2) is 85.2 Å². The van der Waals surface area contributed by atoms with Gasteiger partial charge in [0, 0.05) is 44.1 Å². The number of hydrogen-bond acceptors (Lipinski definition) is 5. The molecule has 0 radical (unpaired) electrons. The Morgan fingerprint density at radius 2 is 1.60 bits per heavy atom. The van der Waals surface area contributed by atoms with Crippen LogP contribution in [0, 0.1) is 0 Å². The Morgan fingerprint density at radius 3 is 2.31 bits per heavy atom. The first-order chi connectivity index (χ1) is 17.0. The smallest absolute Gasteiger partial charge is 0.253 e. The number of ether oxygens (including phenoxy) is 1. The number of fused-ring (bicyclic) bond motifs is 1. The summed E-state index contributed by atoms with van der Waals surface area (Å²) < 4.78 is 34.8. The molecule has 0 saturated carbocycles. The molecule has 0 atom stereocenters. The van der Waals surface area contributed by atoms with Crippen LogP contribution in [0.3, 0.4) is 0 Å². The predicted octanol–water partition coefficient (Wildman–Crippen LogP) is 3.20. The van der Waals surface area contributed by atoms with Crippen molar-refractivity contribution in [2.75, 3.05) is 26.2 Å². The van der Waals surface area contributed by atoms with Gasteiger partial charge in [-0.1, -0.05) is 36.4 Å². The van der Waals surface area contributed by atoms with E-state index in [4.69, 9.17) is 4.74 Å². The van der Waals surface area contributed by atoms with Crippen LogP contribution in [-0.4, -0.2) is 59.1 Å². The Labute approximate surface area is 204 Å². The summed E-state index contributed by atoms with van der Waals surface area (Å²) in [6.45, 7) is 1.63. The highest BCUT2D eigenvalue weighted by Gasteiger charge is 2.29. The summed E-state index contributed by atoms with van der Waals surface area (Å²) in [7, 11) is -3.42. The van der Waals surface area contributed by atoms with Crippen LogP contribution >= 0.6 is 0 Å². The Hall–Kier alpha value is -3.69. The zero-order valence-corrected chi connectivity index (χ0v) is 20.0. The van der Waals surface area contributed by atoms with Gasteiger partial charge in [-0.15, -0.1) is 0 Å². The molecule has 0 unspecified atom stereocenters. The minimum absolute atomic E-state index is 0.0296. The van der Waals surface area contributed by atoms with Crippen molar-refractivity contribution >= 4 is 21.6 Å². The average molecular weight is 491 g/mol. The molecular formula is C26H26N4O4S. The van der Waals surface area contributed by atoms with Gasteiger partial charge in [-0.05, 0) is 42.0 Å². The molecule has 2 aromatic heterocycles. The highest BCUT2D eigenvalue weighted by atomic mass is 32.2. The number of carbonyl (C=O) groups is 1. The zero-order valence-electron chi connectivity index (χ0n) is 19.2. The van der Waals surface area contributed by atoms with E-state index in [0.717, 1.165) is 16.9 Å². The van der Waals surface area contributed by atoms with E-state index in [1.54, 1.807) is 29.2 Å². The standard InChI is InChI=1S/C26H26N4O4S/c31-26(28-14-16-30(17-15-28)35(32,33)20-21-6-2-1-3-7-21)22-9-11-24(12-10-22)34-19-23-18-29-13-5-4-8-25(29)27-23/h1-13,18H,14-17,19-20H2. The molecule has 4 aromatic rings. The average Bonchev–Trinajstić information content (AvgIpc) is 3.31. The highest BCUT2D eigenvalue weighted by molar-refractivity contribution is 7.88. The molecule has 35 heavy (non-hydrogen) atoms. The molecule has 180 valence electrons. The molecule has 1 aliphatic heterocycles. The number of hydrogen-bond donors (Lipinski definition) is 0. The number of piperazine rings is 1. The van der Waals surface area contributed by atoms with E-state index in [-0.39, 0.29) is 11.7 Å². The lowest BCUT2D eigenvalue weighted by atomic mass is 10.2. The molecule has 5 rings (SSSR count). The van der Waals surface area contributed by atoms with Gasteiger partial charge < -0.3 is 14.0 Å². The number of carbonyl (C=O) groups excluding carboxylic acids is 1. The van der Waals surface area contributed by atoms with Crippen LogP contribution in [0.25, 0.3) is 5.65 Å². The fourth-order valence-electron chi connectivity index (χ4n) is 4.14. The van der Waals surface area contributed by atoms with Crippen LogP contribution in [0.2, 0.25) is 0 Å². The van der Waals surface area contributed by atoms with Gasteiger partial charge in [0.15, 0.2) is 0 Å². The molecule has 0 bridgehead atoms. The van der Waals surface area contributed by atoms with Gasteiger partial charge in [0.05, 0.1) is 11.4 Å². The second-order valence-corrected chi connectivity index (χ2v) is 10.4. The van der Waals surface area contributed by atoms with E-state index >= 15 is 0 Å². The van der Waals surface area contributed by atoms with Gasteiger partial charge in [0.1, 0.15) is 18.0 Å². The van der Waals surface area contributed by atoms with Crippen LogP contribution in [-0.2, 0) is 22.4 Å². The fraction of sp³-hybridized carbons (Fsp3) is 0.231. The van der Waals surface area contributed by atoms with Gasteiger partial charge >= 0.3 is 0 Å². The fourth-order valence-corrected chi connectivity index (χ4v) is 5.65. The molecular weight excluding hydrogens is 464 g/mol. The molecule has 0 N–H and O–H groups in total. The Kier molecular flexibility index (Phi) is 6.52. The van der Waals surface area contributed by atoms with Gasteiger partial charge in [-0.25, -0.2) is 13.4 Å². The molecule has 1 aliphatic rings. The number of imidazole rings is 1. The third kappa shape index (κ3) is 5.36. The Bertz CT molecular complexity index is 1380. The second kappa shape index (κ2) is 9.89. The molecule has 9 heteroatoms. The summed E-state index contributed by atoms with van der Waals surface area (Å²) in [6, 6.07) is 22.0. The van der Waals surface area contributed by atoms with Gasteiger partial charge in [0.2, 0.25) is 10.0 Å². The van der Waals surface area contributed by atoms with Gasteiger partial charge in [0.25, 0.3) is 5.91 Å². The van der Waals surface area contributed by atoms with Crippen LogP contribution in [0.1, 0.15) is 21.6 Å². The van der Waals surface area contributed by atoms with Crippen LogP contribution in [0.5, 0.6) is 5.75 Å². The summed E-state index contributed by atoms with van der Waals surface area (Å²) in [6.07, 6.45) is 3.86. The van der Waals surface area contributed by atoms with Crippen molar-refractivity contribution in [3.63, 3.8) is 0 Å². The monoisotopic (exact) mass is 490 g/mol.